The van der Waals surface area contributed by atoms with Crippen LogP contribution >= 0.6 is 0 Å². The monoisotopic (exact) mass is 232 g/mol. The van der Waals surface area contributed by atoms with E-state index in [0.717, 1.165) is 18.2 Å². The fraction of sp³-hybridized carbons (Fsp3) is 0.692. The molecule has 0 unspecified atom stereocenters. The van der Waals surface area contributed by atoms with E-state index in [0.29, 0.717) is 17.2 Å². The molecule has 0 saturated heterocycles. The van der Waals surface area contributed by atoms with Crippen LogP contribution in [-0.4, -0.2) is 16.5 Å². The van der Waals surface area contributed by atoms with Crippen molar-refractivity contribution in [3.8, 4) is 0 Å². The van der Waals surface area contributed by atoms with Crippen LogP contribution in [0.4, 0.5) is 11.6 Å². The Morgan fingerprint density at radius 1 is 1.41 bits per heavy atom. The number of aromatic nitrogens is 2. The highest BCUT2D eigenvalue weighted by atomic mass is 15.1. The molecule has 3 N–H and O–H groups in total. The third-order valence-corrected chi connectivity index (χ3v) is 4.06. The van der Waals surface area contributed by atoms with E-state index in [-0.39, 0.29) is 0 Å². The third-order valence-electron chi connectivity index (χ3n) is 4.06. The van der Waals surface area contributed by atoms with Crippen molar-refractivity contribution in [3.63, 3.8) is 0 Å². The van der Waals surface area contributed by atoms with Gasteiger partial charge in [-0.3, -0.25) is 0 Å². The lowest BCUT2D eigenvalue weighted by atomic mass is 10.0. The second-order valence-electron chi connectivity index (χ2n) is 5.52. The minimum absolute atomic E-state index is 0.527. The SMILES string of the molecule is CCC1(CNc2cc(N)nc(C3CC3)n2)CC1. The fourth-order valence-corrected chi connectivity index (χ4v) is 2.21. The molecule has 1 aromatic rings. The molecule has 2 aliphatic carbocycles. The summed E-state index contributed by atoms with van der Waals surface area (Å²) < 4.78 is 0. The summed E-state index contributed by atoms with van der Waals surface area (Å²) in [5.74, 6) is 2.97. The lowest BCUT2D eigenvalue weighted by Crippen LogP contribution is -2.16. The van der Waals surface area contributed by atoms with Gasteiger partial charge in [0.25, 0.3) is 0 Å². The van der Waals surface area contributed by atoms with Crippen molar-refractivity contribution < 1.29 is 0 Å². The average Bonchev–Trinajstić information content (AvgIpc) is 3.19. The Labute approximate surface area is 102 Å². The van der Waals surface area contributed by atoms with Crippen LogP contribution in [0.5, 0.6) is 0 Å². The summed E-state index contributed by atoms with van der Waals surface area (Å²) in [6.07, 6.45) is 6.35. The molecular weight excluding hydrogens is 212 g/mol. The van der Waals surface area contributed by atoms with Crippen molar-refractivity contribution >= 4 is 11.6 Å². The van der Waals surface area contributed by atoms with Crippen LogP contribution < -0.4 is 11.1 Å². The number of hydrogen-bond donors (Lipinski definition) is 2. The first kappa shape index (κ1) is 10.8. The first-order valence-corrected chi connectivity index (χ1v) is 6.59. The Bertz CT molecular complexity index is 421. The number of nitrogens with two attached hydrogens (primary N) is 1. The van der Waals surface area contributed by atoms with Gasteiger partial charge >= 0.3 is 0 Å². The number of anilines is 2. The topological polar surface area (TPSA) is 63.8 Å². The first-order valence-electron chi connectivity index (χ1n) is 6.59. The Morgan fingerprint density at radius 2 is 2.18 bits per heavy atom. The van der Waals surface area contributed by atoms with Crippen molar-refractivity contribution in [3.05, 3.63) is 11.9 Å². The molecule has 3 rings (SSSR count). The molecule has 4 nitrogen and oxygen atoms in total. The number of rotatable bonds is 5. The van der Waals surface area contributed by atoms with Crippen LogP contribution in [0.2, 0.25) is 0 Å². The average molecular weight is 232 g/mol. The molecule has 0 bridgehead atoms. The molecule has 0 atom stereocenters. The van der Waals surface area contributed by atoms with Crippen LogP contribution in [0.15, 0.2) is 6.07 Å². The maximum Gasteiger partial charge on any atom is 0.136 e. The lowest BCUT2D eigenvalue weighted by molar-refractivity contribution is 0.520. The normalized spacial score (nSPS) is 21.2. The summed E-state index contributed by atoms with van der Waals surface area (Å²) in [5.41, 5.74) is 6.35. The van der Waals surface area contributed by atoms with Gasteiger partial charge in [-0.05, 0) is 37.5 Å². The van der Waals surface area contributed by atoms with Gasteiger partial charge in [-0.25, -0.2) is 9.97 Å². The van der Waals surface area contributed by atoms with Gasteiger partial charge in [0.1, 0.15) is 17.5 Å². The van der Waals surface area contributed by atoms with Crippen LogP contribution in [0, 0.1) is 5.41 Å². The van der Waals surface area contributed by atoms with Gasteiger partial charge in [0.2, 0.25) is 0 Å². The largest absolute Gasteiger partial charge is 0.384 e. The summed E-state index contributed by atoms with van der Waals surface area (Å²) >= 11 is 0. The standard InChI is InChI=1S/C13H20N4/c1-2-13(5-6-13)8-15-11-7-10(14)16-12(17-11)9-3-4-9/h7,9H,2-6,8H2,1H3,(H3,14,15,16,17). The molecule has 92 valence electrons. The van der Waals surface area contributed by atoms with Crippen molar-refractivity contribution in [1.82, 2.24) is 9.97 Å². The Kier molecular flexibility index (Phi) is 2.45. The van der Waals surface area contributed by atoms with Gasteiger partial charge in [0, 0.05) is 18.5 Å². The van der Waals surface area contributed by atoms with Gasteiger partial charge in [-0.1, -0.05) is 6.92 Å². The quantitative estimate of drug-likeness (QED) is 0.819. The van der Waals surface area contributed by atoms with Crippen LogP contribution in [-0.2, 0) is 0 Å². The van der Waals surface area contributed by atoms with E-state index in [9.17, 15) is 0 Å². The lowest BCUT2D eigenvalue weighted by Gasteiger charge is -2.14. The van der Waals surface area contributed by atoms with E-state index in [2.05, 4.69) is 22.2 Å². The second kappa shape index (κ2) is 3.86. The van der Waals surface area contributed by atoms with Crippen LogP contribution in [0.1, 0.15) is 50.8 Å². The van der Waals surface area contributed by atoms with E-state index in [1.165, 1.54) is 32.1 Å². The number of nitrogens with one attached hydrogen (secondary N) is 1. The number of nitrogens with zero attached hydrogens (tertiary/aromatic N) is 2. The van der Waals surface area contributed by atoms with E-state index in [1.807, 2.05) is 6.07 Å². The van der Waals surface area contributed by atoms with Crippen molar-refractivity contribution in [2.75, 3.05) is 17.6 Å². The van der Waals surface area contributed by atoms with Gasteiger partial charge in [0.15, 0.2) is 0 Å². The molecule has 2 saturated carbocycles. The first-order chi connectivity index (χ1) is 8.21. The molecular formula is C13H20N4. The fourth-order valence-electron chi connectivity index (χ4n) is 2.21. The highest BCUT2D eigenvalue weighted by Crippen LogP contribution is 2.48. The Morgan fingerprint density at radius 3 is 2.76 bits per heavy atom. The Balaban J connectivity index is 1.69. The van der Waals surface area contributed by atoms with Crippen LogP contribution in [0.25, 0.3) is 0 Å². The van der Waals surface area contributed by atoms with E-state index in [4.69, 9.17) is 5.73 Å². The van der Waals surface area contributed by atoms with E-state index in [1.54, 1.807) is 0 Å². The zero-order chi connectivity index (χ0) is 11.9. The molecule has 1 heterocycles. The summed E-state index contributed by atoms with van der Waals surface area (Å²) in [5, 5.41) is 3.43. The zero-order valence-corrected chi connectivity index (χ0v) is 10.4. The van der Waals surface area contributed by atoms with E-state index < -0.39 is 0 Å². The summed E-state index contributed by atoms with van der Waals surface area (Å²) in [7, 11) is 0. The van der Waals surface area contributed by atoms with E-state index >= 15 is 0 Å². The predicted molar refractivity (Wildman–Crippen MR) is 68.9 cm³/mol. The molecule has 17 heavy (non-hydrogen) atoms. The van der Waals surface area contributed by atoms with Crippen LogP contribution in [0.3, 0.4) is 0 Å². The molecule has 2 aliphatic rings. The van der Waals surface area contributed by atoms with Gasteiger partial charge in [0.05, 0.1) is 0 Å². The van der Waals surface area contributed by atoms with Crippen molar-refractivity contribution in [1.29, 1.82) is 0 Å². The predicted octanol–water partition coefficient (Wildman–Crippen LogP) is 2.54. The van der Waals surface area contributed by atoms with Gasteiger partial charge < -0.3 is 11.1 Å². The molecule has 2 fully saturated rings. The minimum atomic E-state index is 0.527. The molecule has 0 aliphatic heterocycles. The Hall–Kier alpha value is -1.32. The highest BCUT2D eigenvalue weighted by molar-refractivity contribution is 5.45. The maximum atomic E-state index is 5.82. The molecule has 0 aromatic carbocycles. The highest BCUT2D eigenvalue weighted by Gasteiger charge is 2.40. The molecule has 0 amide bonds. The van der Waals surface area contributed by atoms with Crippen molar-refractivity contribution in [2.24, 2.45) is 5.41 Å². The van der Waals surface area contributed by atoms with Crippen molar-refractivity contribution in [2.45, 2.75) is 44.9 Å². The number of nitrogen functional groups attached to an aromatic ring is 1. The van der Waals surface area contributed by atoms with Gasteiger partial charge in [-0.2, -0.15) is 0 Å². The molecule has 4 heteroatoms. The molecule has 1 aromatic heterocycles. The zero-order valence-electron chi connectivity index (χ0n) is 10.4. The van der Waals surface area contributed by atoms with Gasteiger partial charge in [-0.15, -0.1) is 0 Å². The maximum absolute atomic E-state index is 5.82. The summed E-state index contributed by atoms with van der Waals surface area (Å²) in [4.78, 5) is 8.86. The minimum Gasteiger partial charge on any atom is -0.384 e. The smallest absolute Gasteiger partial charge is 0.136 e. The molecule has 0 spiro atoms. The third kappa shape index (κ3) is 2.35. The molecule has 0 radical (unpaired) electrons. The summed E-state index contributed by atoms with van der Waals surface area (Å²) in [6.45, 7) is 3.28. The second-order valence-corrected chi connectivity index (χ2v) is 5.52. The number of hydrogen-bond acceptors (Lipinski definition) is 4. The summed E-state index contributed by atoms with van der Waals surface area (Å²) in [6, 6.07) is 1.84.